The van der Waals surface area contributed by atoms with Gasteiger partial charge in [0.05, 0.1) is 12.6 Å². The van der Waals surface area contributed by atoms with Crippen molar-refractivity contribution in [1.29, 1.82) is 0 Å². The molecule has 189 valence electrons. The molecule has 2 unspecified atom stereocenters. The van der Waals surface area contributed by atoms with Gasteiger partial charge < -0.3 is 20.3 Å². The molecule has 2 N–H and O–H groups in total. The van der Waals surface area contributed by atoms with Gasteiger partial charge in [-0.05, 0) is 55.3 Å². The maximum atomic E-state index is 13.5. The van der Waals surface area contributed by atoms with Crippen molar-refractivity contribution in [2.24, 2.45) is 0 Å². The van der Waals surface area contributed by atoms with E-state index in [0.717, 1.165) is 11.1 Å². The Morgan fingerprint density at radius 2 is 1.78 bits per heavy atom. The molecule has 0 saturated carbocycles. The van der Waals surface area contributed by atoms with Gasteiger partial charge in [-0.25, -0.2) is 0 Å². The Balaban J connectivity index is 0.00000361. The van der Waals surface area contributed by atoms with E-state index in [2.05, 4.69) is 16.7 Å². The fourth-order valence-electron chi connectivity index (χ4n) is 4.62. The molecule has 0 aliphatic carbocycles. The Bertz CT molecular complexity index is 1060. The summed E-state index contributed by atoms with van der Waals surface area (Å²) in [6.07, 6.45) is 1.89. The quantitative estimate of drug-likeness (QED) is 0.386. The molecule has 2 aromatic rings. The molecule has 1 radical (unpaired) electrons. The van der Waals surface area contributed by atoms with Gasteiger partial charge in [0.15, 0.2) is 5.97 Å². The molecule has 7 nitrogen and oxygen atoms in total. The number of halogens is 1. The van der Waals surface area contributed by atoms with E-state index in [0.29, 0.717) is 62.9 Å². The van der Waals surface area contributed by atoms with Gasteiger partial charge in [0.2, 0.25) is 11.8 Å². The Morgan fingerprint density at radius 1 is 1.11 bits per heavy atom. The van der Waals surface area contributed by atoms with Gasteiger partial charge in [-0.2, -0.15) is 0 Å². The van der Waals surface area contributed by atoms with Crippen molar-refractivity contribution in [2.45, 2.75) is 51.2 Å². The van der Waals surface area contributed by atoms with Crippen LogP contribution in [0.15, 0.2) is 48.5 Å². The zero-order chi connectivity index (χ0) is 24.8. The monoisotopic (exact) mass is 585 g/mol. The Labute approximate surface area is 242 Å². The minimum Gasteiger partial charge on any atom is -0.488 e. The molecule has 1 saturated heterocycles. The number of nitrogens with one attached hydrogen (secondary N) is 2. The first-order chi connectivity index (χ1) is 16.9. The van der Waals surface area contributed by atoms with Crippen LogP contribution in [0.1, 0.15) is 36.5 Å². The summed E-state index contributed by atoms with van der Waals surface area (Å²) in [4.78, 5) is 40.5. The number of benzene rings is 2. The number of esters is 1. The standard InChI is InChI=1S/C27H31ClN3O4.Y/c1-2-35-27(34)19-11-13-31(14-12-19)26(33)24(15-18-7-9-22(28)10-8-18)30-25(32)23-16-20-5-3-4-6-21(20)17-29-23;/h3-10,23-24,29H,2,11-17H2,1H3,(H,30,32);/q-1;. The number of amides is 2. The normalized spacial score (nSPS) is 17.9. The number of carbonyl (C=O) groups is 3. The number of rotatable bonds is 7. The van der Waals surface area contributed by atoms with Gasteiger partial charge in [-0.15, -0.1) is 12.8 Å². The minimum absolute atomic E-state index is 0. The third kappa shape index (κ3) is 7.31. The summed E-state index contributed by atoms with van der Waals surface area (Å²) in [5.41, 5.74) is 3.24. The SMILES string of the molecule is CCOC(=O)[C-]1CCN(C(=O)C(Cc2ccc(Cl)cc2)NC(=O)C2Cc3ccccc3CN2)CC1.[Y]. The maximum absolute atomic E-state index is 13.5. The molecular weight excluding hydrogens is 555 g/mol. The van der Waals surface area contributed by atoms with E-state index < -0.39 is 12.1 Å². The summed E-state index contributed by atoms with van der Waals surface area (Å²) in [6.45, 7) is 3.58. The van der Waals surface area contributed by atoms with E-state index in [9.17, 15) is 14.4 Å². The Kier molecular flexibility index (Phi) is 10.8. The summed E-state index contributed by atoms with van der Waals surface area (Å²) in [7, 11) is 0. The van der Waals surface area contributed by atoms with Crippen LogP contribution in [0.4, 0.5) is 0 Å². The Morgan fingerprint density at radius 3 is 2.44 bits per heavy atom. The van der Waals surface area contributed by atoms with Gasteiger partial charge >= 0.3 is 0 Å². The van der Waals surface area contributed by atoms with Crippen LogP contribution in [0.3, 0.4) is 0 Å². The van der Waals surface area contributed by atoms with Gasteiger partial charge in [0.25, 0.3) is 0 Å². The zero-order valence-electron chi connectivity index (χ0n) is 20.5. The zero-order valence-corrected chi connectivity index (χ0v) is 24.1. The topological polar surface area (TPSA) is 87.7 Å². The molecule has 4 rings (SSSR count). The molecule has 2 aliphatic rings. The van der Waals surface area contributed by atoms with Crippen LogP contribution in [-0.2, 0) is 71.2 Å². The van der Waals surface area contributed by atoms with E-state index in [1.54, 1.807) is 24.0 Å². The van der Waals surface area contributed by atoms with Crippen molar-refractivity contribution in [1.82, 2.24) is 15.5 Å². The molecule has 0 bridgehead atoms. The van der Waals surface area contributed by atoms with E-state index in [1.807, 2.05) is 30.3 Å². The summed E-state index contributed by atoms with van der Waals surface area (Å²) in [5.74, 6) is 0.0866. The predicted molar refractivity (Wildman–Crippen MR) is 134 cm³/mol. The molecule has 9 heteroatoms. The molecule has 2 heterocycles. The van der Waals surface area contributed by atoms with Crippen LogP contribution in [0, 0.1) is 5.92 Å². The van der Waals surface area contributed by atoms with Gasteiger partial charge in [-0.1, -0.05) is 48.0 Å². The van der Waals surface area contributed by atoms with Crippen molar-refractivity contribution >= 4 is 29.4 Å². The number of likely N-dealkylation sites (tertiary alicyclic amines) is 1. The van der Waals surface area contributed by atoms with Gasteiger partial charge in [-0.3, -0.25) is 20.3 Å². The Hall–Kier alpha value is -1.93. The molecule has 2 aromatic carbocycles. The molecular formula is C27H31ClN3O4Y-. The van der Waals surface area contributed by atoms with E-state index >= 15 is 0 Å². The second kappa shape index (κ2) is 13.6. The fraction of sp³-hybridized carbons (Fsp3) is 0.407. The molecule has 2 atom stereocenters. The fourth-order valence-corrected chi connectivity index (χ4v) is 4.75. The number of ether oxygens (including phenoxy) is 1. The van der Waals surface area contributed by atoms with Crippen LogP contribution in [0.2, 0.25) is 5.02 Å². The summed E-state index contributed by atoms with van der Waals surface area (Å²) in [5, 5.41) is 6.91. The van der Waals surface area contributed by atoms with Crippen molar-refractivity contribution in [3.63, 3.8) is 0 Å². The van der Waals surface area contributed by atoms with Crippen LogP contribution < -0.4 is 10.6 Å². The van der Waals surface area contributed by atoms with Crippen LogP contribution in [0.25, 0.3) is 0 Å². The van der Waals surface area contributed by atoms with Crippen LogP contribution >= 0.6 is 11.6 Å². The molecule has 0 aromatic heterocycles. The second-order valence-corrected chi connectivity index (χ2v) is 9.38. The first kappa shape index (κ1) is 28.6. The first-order valence-electron chi connectivity index (χ1n) is 12.1. The average molecular weight is 586 g/mol. The maximum Gasteiger partial charge on any atom is 0.245 e. The summed E-state index contributed by atoms with van der Waals surface area (Å²) in [6, 6.07) is 14.2. The first-order valence-corrected chi connectivity index (χ1v) is 12.5. The third-order valence-corrected chi connectivity index (χ3v) is 6.86. The summed E-state index contributed by atoms with van der Waals surface area (Å²) >= 11 is 6.03. The van der Waals surface area contributed by atoms with Crippen molar-refractivity contribution < 1.29 is 51.8 Å². The number of hydrogen-bond donors (Lipinski definition) is 2. The molecule has 2 aliphatic heterocycles. The average Bonchev–Trinajstić information content (AvgIpc) is 2.89. The third-order valence-electron chi connectivity index (χ3n) is 6.61. The molecule has 36 heavy (non-hydrogen) atoms. The van der Waals surface area contributed by atoms with Crippen LogP contribution in [0.5, 0.6) is 0 Å². The van der Waals surface area contributed by atoms with E-state index in [1.165, 1.54) is 5.56 Å². The number of fused-ring (bicyclic) bond motifs is 1. The number of nitrogens with zero attached hydrogens (tertiary/aromatic N) is 1. The number of hydrogen-bond acceptors (Lipinski definition) is 5. The van der Waals surface area contributed by atoms with Gasteiger partial charge in [0.1, 0.15) is 6.04 Å². The van der Waals surface area contributed by atoms with Crippen LogP contribution in [-0.4, -0.2) is 54.5 Å². The minimum atomic E-state index is -0.716. The van der Waals surface area contributed by atoms with E-state index in [4.69, 9.17) is 16.3 Å². The molecule has 1 fully saturated rings. The smallest absolute Gasteiger partial charge is 0.245 e. The molecule has 0 spiro atoms. The predicted octanol–water partition coefficient (Wildman–Crippen LogP) is 2.84. The largest absolute Gasteiger partial charge is 0.488 e. The van der Waals surface area contributed by atoms with Crippen molar-refractivity contribution in [3.05, 3.63) is 76.2 Å². The summed E-state index contributed by atoms with van der Waals surface area (Å²) < 4.78 is 5.10. The van der Waals surface area contributed by atoms with Crippen molar-refractivity contribution in [2.75, 3.05) is 19.7 Å². The van der Waals surface area contributed by atoms with Gasteiger partial charge in [0, 0.05) is 50.7 Å². The van der Waals surface area contributed by atoms with Crippen molar-refractivity contribution in [3.8, 4) is 0 Å². The second-order valence-electron chi connectivity index (χ2n) is 8.95. The molecule has 2 amide bonds. The van der Waals surface area contributed by atoms with E-state index in [-0.39, 0.29) is 50.5 Å². The number of piperidine rings is 1. The number of carbonyl (C=O) groups excluding carboxylic acids is 3.